The average Bonchev–Trinajstić information content (AvgIpc) is 3.41. The maximum Gasteiger partial charge on any atom is 0.343 e. The van der Waals surface area contributed by atoms with Crippen molar-refractivity contribution in [1.29, 1.82) is 0 Å². The zero-order chi connectivity index (χ0) is 51.5. The maximum absolute atomic E-state index is 13.2. The number of benzene rings is 6. The van der Waals surface area contributed by atoms with Crippen LogP contribution in [0.25, 0.3) is 10.8 Å². The first-order chi connectivity index (χ1) is 35.7. The van der Waals surface area contributed by atoms with Gasteiger partial charge in [-0.3, -0.25) is 0 Å². The van der Waals surface area contributed by atoms with E-state index in [9.17, 15) is 19.2 Å². The second-order valence-electron chi connectivity index (χ2n) is 18.5. The summed E-state index contributed by atoms with van der Waals surface area (Å²) in [7, 11) is 0. The minimum Gasteiger partial charge on any atom is -0.494 e. The highest BCUT2D eigenvalue weighted by Crippen LogP contribution is 2.36. The van der Waals surface area contributed by atoms with Crippen molar-refractivity contribution in [2.45, 2.75) is 142 Å². The van der Waals surface area contributed by atoms with Crippen LogP contribution in [0.3, 0.4) is 0 Å². The molecule has 10 nitrogen and oxygen atoms in total. The van der Waals surface area contributed by atoms with Crippen molar-refractivity contribution in [2.75, 3.05) is 13.2 Å². The van der Waals surface area contributed by atoms with E-state index >= 15 is 0 Å². The second kappa shape index (κ2) is 31.1. The van der Waals surface area contributed by atoms with Gasteiger partial charge >= 0.3 is 23.9 Å². The van der Waals surface area contributed by atoms with E-state index in [1.165, 1.54) is 151 Å². The Bertz CT molecular complexity index is 2620. The molecule has 6 aromatic rings. The van der Waals surface area contributed by atoms with Crippen LogP contribution in [0, 0.1) is 0 Å². The Morgan fingerprint density at radius 2 is 0.644 bits per heavy atom. The molecule has 0 aliphatic heterocycles. The molecule has 0 heterocycles. The monoisotopic (exact) mass is 1010 g/mol. The van der Waals surface area contributed by atoms with E-state index in [0.29, 0.717) is 41.2 Å². The van der Waals surface area contributed by atoms with E-state index in [2.05, 4.69) is 13.8 Å². The molecule has 0 atom stereocenters. The number of fused-ring (bicyclic) bond motifs is 1. The van der Waals surface area contributed by atoms with Crippen LogP contribution in [-0.4, -0.2) is 37.1 Å². The van der Waals surface area contributed by atoms with Crippen LogP contribution in [0.15, 0.2) is 127 Å². The molecule has 0 aliphatic carbocycles. The maximum atomic E-state index is 13.2. The lowest BCUT2D eigenvalue weighted by Crippen LogP contribution is -2.11. The lowest BCUT2D eigenvalue weighted by atomic mass is 10.1. The van der Waals surface area contributed by atoms with Gasteiger partial charge in [-0.1, -0.05) is 153 Å². The van der Waals surface area contributed by atoms with Gasteiger partial charge in [0, 0.05) is 5.39 Å². The van der Waals surface area contributed by atoms with Crippen LogP contribution < -0.4 is 28.4 Å². The predicted octanol–water partition coefficient (Wildman–Crippen LogP) is 17.0. The Morgan fingerprint density at radius 1 is 0.342 bits per heavy atom. The molecule has 0 fully saturated rings. The van der Waals surface area contributed by atoms with Crippen molar-refractivity contribution in [3.05, 3.63) is 155 Å². The van der Waals surface area contributed by atoms with E-state index in [0.717, 1.165) is 31.1 Å². The van der Waals surface area contributed by atoms with Crippen molar-refractivity contribution in [1.82, 2.24) is 0 Å². The van der Waals surface area contributed by atoms with Gasteiger partial charge in [-0.2, -0.15) is 0 Å². The minimum absolute atomic E-state index is 0.100. The number of esters is 4. The fraction of sp³-hybridized carbons (Fsp3) is 0.387. The van der Waals surface area contributed by atoms with Gasteiger partial charge in [0.25, 0.3) is 0 Å². The summed E-state index contributed by atoms with van der Waals surface area (Å²) in [6.07, 6.45) is 25.2. The first kappa shape index (κ1) is 55.7. The van der Waals surface area contributed by atoms with Crippen molar-refractivity contribution < 1.29 is 47.6 Å². The van der Waals surface area contributed by atoms with Crippen molar-refractivity contribution in [3.8, 4) is 34.5 Å². The first-order valence-corrected chi connectivity index (χ1v) is 26.9. The number of hydrogen-bond donors (Lipinski definition) is 0. The van der Waals surface area contributed by atoms with E-state index < -0.39 is 23.9 Å². The molecule has 0 saturated heterocycles. The molecule has 73 heavy (non-hydrogen) atoms. The number of carbonyl (C=O) groups is 4. The lowest BCUT2D eigenvalue weighted by Gasteiger charge is -2.11. The van der Waals surface area contributed by atoms with Gasteiger partial charge < -0.3 is 28.4 Å². The van der Waals surface area contributed by atoms with E-state index in [1.807, 2.05) is 0 Å². The van der Waals surface area contributed by atoms with Gasteiger partial charge in [0.05, 0.1) is 40.5 Å². The number of halogens is 1. The summed E-state index contributed by atoms with van der Waals surface area (Å²) in [4.78, 5) is 52.1. The lowest BCUT2D eigenvalue weighted by molar-refractivity contribution is 0.0720. The molecule has 0 saturated carbocycles. The minimum atomic E-state index is -0.679. The number of hydrogen-bond acceptors (Lipinski definition) is 10. The first-order valence-electron chi connectivity index (χ1n) is 26.5. The van der Waals surface area contributed by atoms with Crippen LogP contribution in [0.1, 0.15) is 184 Å². The highest BCUT2D eigenvalue weighted by Gasteiger charge is 2.17. The normalized spacial score (nSPS) is 11.0. The molecule has 11 heteroatoms. The Morgan fingerprint density at radius 3 is 1.03 bits per heavy atom. The molecule has 0 N–H and O–H groups in total. The number of ether oxygens (including phenoxy) is 6. The highest BCUT2D eigenvalue weighted by atomic mass is 35.5. The summed E-state index contributed by atoms with van der Waals surface area (Å²) in [5.41, 5.74) is 1.17. The molecule has 0 aromatic heterocycles. The van der Waals surface area contributed by atoms with Gasteiger partial charge in [-0.25, -0.2) is 19.2 Å². The van der Waals surface area contributed by atoms with Crippen LogP contribution in [0.2, 0.25) is 5.02 Å². The molecular formula is C62H71ClO10. The molecular weight excluding hydrogens is 940 g/mol. The SMILES string of the molecule is CCCCCCCCCCCCOc1ccc(C(=O)Oc2ccc(C(=O)Oc3ccc4ccc(OC(=O)c5ccc(OC(=O)c6ccc(OCCCCCCCCCCCC)cc6)cc5)c(Cl)c4c3)cc2)cc1. The number of carbonyl (C=O) groups excluding carboxylic acids is 4. The molecule has 0 aliphatic rings. The molecule has 6 aromatic carbocycles. The summed E-state index contributed by atoms with van der Waals surface area (Å²) >= 11 is 6.75. The Hall–Kier alpha value is -6.65. The van der Waals surface area contributed by atoms with Gasteiger partial charge in [0.15, 0.2) is 0 Å². The third-order valence-corrected chi connectivity index (χ3v) is 13.0. The second-order valence-corrected chi connectivity index (χ2v) is 18.9. The smallest absolute Gasteiger partial charge is 0.343 e. The van der Waals surface area contributed by atoms with Crippen LogP contribution >= 0.6 is 11.6 Å². The Labute approximate surface area is 436 Å². The predicted molar refractivity (Wildman–Crippen MR) is 289 cm³/mol. The van der Waals surface area contributed by atoms with Gasteiger partial charge in [-0.15, -0.1) is 0 Å². The zero-order valence-electron chi connectivity index (χ0n) is 42.6. The van der Waals surface area contributed by atoms with Gasteiger partial charge in [0.2, 0.25) is 0 Å². The molecule has 0 bridgehead atoms. The number of rotatable bonds is 32. The van der Waals surface area contributed by atoms with Crippen molar-refractivity contribution in [3.63, 3.8) is 0 Å². The molecule has 0 unspecified atom stereocenters. The fourth-order valence-corrected chi connectivity index (χ4v) is 8.56. The van der Waals surface area contributed by atoms with Crippen LogP contribution in [-0.2, 0) is 0 Å². The largest absolute Gasteiger partial charge is 0.494 e. The molecule has 6 rings (SSSR count). The van der Waals surface area contributed by atoms with Crippen LogP contribution in [0.4, 0.5) is 0 Å². The molecule has 0 amide bonds. The quantitative estimate of drug-likeness (QED) is 0.0229. The molecule has 386 valence electrons. The summed E-state index contributed by atoms with van der Waals surface area (Å²) in [5, 5.41) is 1.35. The third kappa shape index (κ3) is 19.0. The van der Waals surface area contributed by atoms with E-state index in [1.54, 1.807) is 78.9 Å². The number of unbranched alkanes of at least 4 members (excludes halogenated alkanes) is 18. The van der Waals surface area contributed by atoms with E-state index in [4.69, 9.17) is 40.0 Å². The summed E-state index contributed by atoms with van der Waals surface area (Å²) in [6, 6.07) is 34.0. The average molecular weight is 1010 g/mol. The highest BCUT2D eigenvalue weighted by molar-refractivity contribution is 6.37. The fourth-order valence-electron chi connectivity index (χ4n) is 8.29. The zero-order valence-corrected chi connectivity index (χ0v) is 43.4. The van der Waals surface area contributed by atoms with Gasteiger partial charge in [-0.05, 0) is 133 Å². The Kier molecular flexibility index (Phi) is 23.7. The van der Waals surface area contributed by atoms with E-state index in [-0.39, 0.29) is 39.1 Å². The Balaban J connectivity index is 0.907. The van der Waals surface area contributed by atoms with Crippen molar-refractivity contribution >= 4 is 46.3 Å². The van der Waals surface area contributed by atoms with Crippen molar-refractivity contribution in [2.24, 2.45) is 0 Å². The third-order valence-electron chi connectivity index (χ3n) is 12.6. The summed E-state index contributed by atoms with van der Waals surface area (Å²) in [6.45, 7) is 5.76. The topological polar surface area (TPSA) is 124 Å². The molecule has 0 spiro atoms. The summed E-state index contributed by atoms with van der Waals surface area (Å²) < 4.78 is 34.2. The molecule has 0 radical (unpaired) electrons. The summed E-state index contributed by atoms with van der Waals surface area (Å²) in [5.74, 6) is -0.173. The van der Waals surface area contributed by atoms with Crippen LogP contribution in [0.5, 0.6) is 34.5 Å². The standard InChI is InChI=1S/C62H71ClO10/c1-3-5-7-9-11-13-15-17-19-21-43-68-51-33-24-47(25-34-51)59(64)70-53-37-28-49(29-38-53)61(66)72-55-41-23-46-32-42-57(58(63)56(46)45-55)73-62(67)50-30-39-54(40-31-50)71-60(65)48-26-35-52(36-27-48)69-44-22-20-18-16-14-12-10-8-6-4-2/h23-42,45H,3-22,43-44H2,1-2H3. The van der Waals surface area contributed by atoms with Gasteiger partial charge in [0.1, 0.15) is 34.5 Å².